The number of nitrogens with two attached hydrogens (primary N) is 1. The minimum absolute atomic E-state index is 0.0458. The van der Waals surface area contributed by atoms with Gasteiger partial charge in [-0.15, -0.1) is 0 Å². The number of nitrogens with zero attached hydrogens (tertiary/aromatic N) is 1. The van der Waals surface area contributed by atoms with Gasteiger partial charge in [0.05, 0.1) is 17.9 Å². The third kappa shape index (κ3) is 3.22. The number of carbonyl (C=O) groups excluding carboxylic acids is 1. The van der Waals surface area contributed by atoms with E-state index < -0.39 is 9.84 Å². The summed E-state index contributed by atoms with van der Waals surface area (Å²) in [6.45, 7) is 0.590. The molecule has 1 fully saturated rings. The van der Waals surface area contributed by atoms with E-state index in [1.807, 2.05) is 6.07 Å². The van der Waals surface area contributed by atoms with E-state index in [-0.39, 0.29) is 23.8 Å². The Bertz CT molecular complexity index is 540. The number of rotatable bonds is 2. The van der Waals surface area contributed by atoms with Crippen LogP contribution in [-0.2, 0) is 21.1 Å². The van der Waals surface area contributed by atoms with Crippen LogP contribution in [0.3, 0.4) is 0 Å². The molecule has 0 aliphatic carbocycles. The second-order valence-corrected chi connectivity index (χ2v) is 6.76. The lowest BCUT2D eigenvalue weighted by atomic mass is 10.1. The van der Waals surface area contributed by atoms with Crippen LogP contribution in [0.1, 0.15) is 5.56 Å². The lowest BCUT2D eigenvalue weighted by Gasteiger charge is -2.26. The molecule has 1 aromatic carbocycles. The summed E-state index contributed by atoms with van der Waals surface area (Å²) in [5, 5.41) is 0. The largest absolute Gasteiger partial charge is 0.399 e. The Balaban J connectivity index is 1.97. The summed E-state index contributed by atoms with van der Waals surface area (Å²) in [5.41, 5.74) is 7.13. The van der Waals surface area contributed by atoms with Crippen LogP contribution in [0.2, 0.25) is 0 Å². The Morgan fingerprint density at radius 3 is 2.56 bits per heavy atom. The predicted molar refractivity (Wildman–Crippen MR) is 69.8 cm³/mol. The number of benzene rings is 1. The summed E-state index contributed by atoms with van der Waals surface area (Å²) in [4.78, 5) is 13.6. The normalized spacial score (nSPS) is 18.6. The van der Waals surface area contributed by atoms with Gasteiger partial charge < -0.3 is 10.6 Å². The highest BCUT2D eigenvalue weighted by molar-refractivity contribution is 7.91. The minimum Gasteiger partial charge on any atom is -0.399 e. The molecule has 1 amide bonds. The molecule has 0 spiro atoms. The topological polar surface area (TPSA) is 80.5 Å². The number of hydrogen-bond acceptors (Lipinski definition) is 4. The molecular weight excluding hydrogens is 252 g/mol. The molecule has 0 radical (unpaired) electrons. The van der Waals surface area contributed by atoms with Gasteiger partial charge in [-0.25, -0.2) is 8.42 Å². The zero-order valence-corrected chi connectivity index (χ0v) is 10.8. The Labute approximate surface area is 107 Å². The molecular formula is C12H16N2O3S. The van der Waals surface area contributed by atoms with Crippen molar-refractivity contribution in [1.29, 1.82) is 0 Å². The van der Waals surface area contributed by atoms with Crippen LogP contribution >= 0.6 is 0 Å². The fourth-order valence-corrected chi connectivity index (χ4v) is 3.15. The van der Waals surface area contributed by atoms with Crippen molar-refractivity contribution in [3.63, 3.8) is 0 Å². The fourth-order valence-electron chi connectivity index (χ4n) is 1.95. The standard InChI is InChI=1S/C12H16N2O3S/c13-11-3-1-2-10(8-11)9-12(15)14-4-6-18(16,17)7-5-14/h1-3,8H,4-7,9,13H2. The molecule has 5 nitrogen and oxygen atoms in total. The number of nitrogen functional groups attached to an aromatic ring is 1. The number of carbonyl (C=O) groups is 1. The summed E-state index contributed by atoms with van der Waals surface area (Å²) in [6.07, 6.45) is 0.269. The van der Waals surface area contributed by atoms with Crippen LogP contribution < -0.4 is 5.73 Å². The molecule has 6 heteroatoms. The summed E-state index contributed by atoms with van der Waals surface area (Å²) in [7, 11) is -2.94. The fraction of sp³-hybridized carbons (Fsp3) is 0.417. The van der Waals surface area contributed by atoms with Crippen molar-refractivity contribution in [1.82, 2.24) is 4.90 Å². The maximum Gasteiger partial charge on any atom is 0.227 e. The van der Waals surface area contributed by atoms with Crippen molar-refractivity contribution in [2.75, 3.05) is 30.3 Å². The van der Waals surface area contributed by atoms with Crippen molar-refractivity contribution >= 4 is 21.4 Å². The molecule has 18 heavy (non-hydrogen) atoms. The van der Waals surface area contributed by atoms with Gasteiger partial charge in [0.15, 0.2) is 9.84 Å². The molecule has 2 N–H and O–H groups in total. The third-order valence-electron chi connectivity index (χ3n) is 3.00. The molecule has 0 saturated carbocycles. The van der Waals surface area contributed by atoms with Crippen molar-refractivity contribution in [2.45, 2.75) is 6.42 Å². The summed E-state index contributed by atoms with van der Waals surface area (Å²) in [5.74, 6) is 0.0845. The predicted octanol–water partition coefficient (Wildman–Crippen LogP) is 0.0683. The summed E-state index contributed by atoms with van der Waals surface area (Å²) in [6, 6.07) is 7.17. The van der Waals surface area contributed by atoms with Gasteiger partial charge in [0.1, 0.15) is 0 Å². The molecule has 0 atom stereocenters. The highest BCUT2D eigenvalue weighted by Gasteiger charge is 2.24. The molecule has 1 aromatic rings. The maximum absolute atomic E-state index is 12.0. The average molecular weight is 268 g/mol. The van der Waals surface area contributed by atoms with Gasteiger partial charge in [-0.05, 0) is 17.7 Å². The van der Waals surface area contributed by atoms with Crippen LogP contribution in [-0.4, -0.2) is 43.8 Å². The first-order valence-corrected chi connectivity index (χ1v) is 7.61. The molecule has 0 unspecified atom stereocenters. The Morgan fingerprint density at radius 1 is 1.28 bits per heavy atom. The molecule has 98 valence electrons. The van der Waals surface area contributed by atoms with Crippen LogP contribution in [0.5, 0.6) is 0 Å². The quantitative estimate of drug-likeness (QED) is 0.770. The number of sulfone groups is 1. The Kier molecular flexibility index (Phi) is 3.56. The zero-order valence-electron chi connectivity index (χ0n) is 10.0. The van der Waals surface area contributed by atoms with Crippen LogP contribution in [0, 0.1) is 0 Å². The first-order valence-electron chi connectivity index (χ1n) is 5.79. The molecule has 0 bridgehead atoms. The first-order chi connectivity index (χ1) is 8.46. The summed E-state index contributed by atoms with van der Waals surface area (Å²) >= 11 is 0. The lowest BCUT2D eigenvalue weighted by molar-refractivity contribution is -0.130. The van der Waals surface area contributed by atoms with Gasteiger partial charge in [0.25, 0.3) is 0 Å². The Morgan fingerprint density at radius 2 is 1.94 bits per heavy atom. The van der Waals surface area contributed by atoms with Crippen molar-refractivity contribution in [3.8, 4) is 0 Å². The number of anilines is 1. The summed E-state index contributed by atoms with van der Waals surface area (Å²) < 4.78 is 22.5. The second-order valence-electron chi connectivity index (χ2n) is 4.45. The van der Waals surface area contributed by atoms with E-state index in [0.717, 1.165) is 5.56 Å². The van der Waals surface area contributed by atoms with E-state index >= 15 is 0 Å². The monoisotopic (exact) mass is 268 g/mol. The molecule has 1 heterocycles. The molecule has 1 saturated heterocycles. The maximum atomic E-state index is 12.0. The number of amides is 1. The minimum atomic E-state index is -2.94. The van der Waals surface area contributed by atoms with E-state index in [0.29, 0.717) is 18.8 Å². The second kappa shape index (κ2) is 4.97. The molecule has 2 rings (SSSR count). The third-order valence-corrected chi connectivity index (χ3v) is 4.61. The zero-order chi connectivity index (χ0) is 13.2. The highest BCUT2D eigenvalue weighted by Crippen LogP contribution is 2.10. The van der Waals surface area contributed by atoms with Crippen LogP contribution in [0.25, 0.3) is 0 Å². The Hall–Kier alpha value is -1.56. The van der Waals surface area contributed by atoms with Crippen LogP contribution in [0.4, 0.5) is 5.69 Å². The van der Waals surface area contributed by atoms with Crippen molar-refractivity contribution < 1.29 is 13.2 Å². The molecule has 1 aliphatic rings. The average Bonchev–Trinajstić information content (AvgIpc) is 2.28. The van der Waals surface area contributed by atoms with Crippen LogP contribution in [0.15, 0.2) is 24.3 Å². The van der Waals surface area contributed by atoms with Gasteiger partial charge in [-0.1, -0.05) is 12.1 Å². The van der Waals surface area contributed by atoms with Gasteiger partial charge in [-0.3, -0.25) is 4.79 Å². The van der Waals surface area contributed by atoms with Gasteiger partial charge >= 0.3 is 0 Å². The van der Waals surface area contributed by atoms with E-state index in [1.165, 1.54) is 0 Å². The smallest absolute Gasteiger partial charge is 0.227 e. The lowest BCUT2D eigenvalue weighted by Crippen LogP contribution is -2.44. The van der Waals surface area contributed by atoms with E-state index in [4.69, 9.17) is 5.73 Å². The van der Waals surface area contributed by atoms with E-state index in [2.05, 4.69) is 0 Å². The van der Waals surface area contributed by atoms with Gasteiger partial charge in [-0.2, -0.15) is 0 Å². The SMILES string of the molecule is Nc1cccc(CC(=O)N2CCS(=O)(=O)CC2)c1. The van der Waals surface area contributed by atoms with Gasteiger partial charge in [0.2, 0.25) is 5.91 Å². The van der Waals surface area contributed by atoms with Gasteiger partial charge in [0, 0.05) is 18.8 Å². The molecule has 0 aromatic heterocycles. The highest BCUT2D eigenvalue weighted by atomic mass is 32.2. The van der Waals surface area contributed by atoms with E-state index in [1.54, 1.807) is 23.1 Å². The first kappa shape index (κ1) is 12.9. The van der Waals surface area contributed by atoms with Crippen molar-refractivity contribution in [3.05, 3.63) is 29.8 Å². The van der Waals surface area contributed by atoms with E-state index in [9.17, 15) is 13.2 Å². The number of hydrogen-bond donors (Lipinski definition) is 1. The van der Waals surface area contributed by atoms with Crippen molar-refractivity contribution in [2.24, 2.45) is 0 Å². The molecule has 1 aliphatic heterocycles.